The largest absolute Gasteiger partial charge is 0.382 e. The molecule has 0 bridgehead atoms. The van der Waals surface area contributed by atoms with Gasteiger partial charge in [0.15, 0.2) is 0 Å². The minimum absolute atomic E-state index is 0.178. The van der Waals surface area contributed by atoms with Gasteiger partial charge in [-0.1, -0.05) is 6.42 Å². The molecule has 3 rings (SSSR count). The van der Waals surface area contributed by atoms with Crippen LogP contribution in [0.1, 0.15) is 25.7 Å². The molecule has 0 amide bonds. The van der Waals surface area contributed by atoms with Crippen LogP contribution in [0.25, 0.3) is 0 Å². The van der Waals surface area contributed by atoms with E-state index in [1.807, 2.05) is 12.1 Å². The Morgan fingerprint density at radius 3 is 2.78 bits per heavy atom. The van der Waals surface area contributed by atoms with Crippen molar-refractivity contribution in [2.24, 2.45) is 11.8 Å². The van der Waals surface area contributed by atoms with Gasteiger partial charge in [-0.05, 0) is 49.4 Å². The van der Waals surface area contributed by atoms with E-state index in [4.69, 9.17) is 4.74 Å². The number of hydrogen-bond acceptors (Lipinski definition) is 2. The maximum absolute atomic E-state index is 12.9. The molecule has 1 aliphatic heterocycles. The van der Waals surface area contributed by atoms with Gasteiger partial charge in [0.1, 0.15) is 5.82 Å². The molecule has 1 aliphatic carbocycles. The third-order valence-corrected chi connectivity index (χ3v) is 4.35. The average molecular weight is 249 g/mol. The van der Waals surface area contributed by atoms with Crippen LogP contribution in [0.15, 0.2) is 24.3 Å². The summed E-state index contributed by atoms with van der Waals surface area (Å²) in [5.41, 5.74) is 1.02. The van der Waals surface area contributed by atoms with Crippen LogP contribution in [0.2, 0.25) is 0 Å². The van der Waals surface area contributed by atoms with Crippen molar-refractivity contribution in [1.82, 2.24) is 0 Å². The lowest BCUT2D eigenvalue weighted by molar-refractivity contribution is -0.00693. The quantitative estimate of drug-likeness (QED) is 0.867. The van der Waals surface area contributed by atoms with Gasteiger partial charge in [0, 0.05) is 24.3 Å². The Hall–Kier alpha value is -1.09. The number of benzene rings is 1. The van der Waals surface area contributed by atoms with Crippen molar-refractivity contribution in [2.45, 2.75) is 31.7 Å². The van der Waals surface area contributed by atoms with Gasteiger partial charge in [0.05, 0.1) is 6.61 Å². The summed E-state index contributed by atoms with van der Waals surface area (Å²) in [5.74, 6) is 1.26. The third-order valence-electron chi connectivity index (χ3n) is 4.35. The van der Waals surface area contributed by atoms with Crippen molar-refractivity contribution in [2.75, 3.05) is 18.5 Å². The second kappa shape index (κ2) is 5.27. The molecule has 3 heteroatoms. The van der Waals surface area contributed by atoms with Crippen molar-refractivity contribution >= 4 is 5.69 Å². The Kier molecular flexibility index (Phi) is 3.50. The molecule has 1 saturated heterocycles. The molecule has 2 aliphatic rings. The summed E-state index contributed by atoms with van der Waals surface area (Å²) in [5, 5.41) is 3.56. The third kappa shape index (κ3) is 2.51. The molecule has 3 unspecified atom stereocenters. The summed E-state index contributed by atoms with van der Waals surface area (Å²) < 4.78 is 18.5. The SMILES string of the molecule is Fc1ccc(NC2CCCC3CCOCC32)cc1. The summed E-state index contributed by atoms with van der Waals surface area (Å²) in [6.45, 7) is 1.80. The van der Waals surface area contributed by atoms with Gasteiger partial charge in [-0.25, -0.2) is 4.39 Å². The predicted octanol–water partition coefficient (Wildman–Crippen LogP) is 3.44. The van der Waals surface area contributed by atoms with E-state index in [1.54, 1.807) is 0 Å². The van der Waals surface area contributed by atoms with Crippen LogP contribution >= 0.6 is 0 Å². The molecule has 0 radical (unpaired) electrons. The topological polar surface area (TPSA) is 21.3 Å². The van der Waals surface area contributed by atoms with Crippen LogP contribution in [-0.4, -0.2) is 19.3 Å². The van der Waals surface area contributed by atoms with Gasteiger partial charge in [0.25, 0.3) is 0 Å². The van der Waals surface area contributed by atoms with E-state index in [0.717, 1.165) is 24.8 Å². The van der Waals surface area contributed by atoms with Crippen LogP contribution in [0.3, 0.4) is 0 Å². The molecular formula is C15H20FNO. The zero-order valence-electron chi connectivity index (χ0n) is 10.6. The maximum Gasteiger partial charge on any atom is 0.123 e. The molecule has 1 N–H and O–H groups in total. The van der Waals surface area contributed by atoms with Gasteiger partial charge in [-0.15, -0.1) is 0 Å². The molecular weight excluding hydrogens is 229 g/mol. The highest BCUT2D eigenvalue weighted by atomic mass is 19.1. The first-order chi connectivity index (χ1) is 8.83. The van der Waals surface area contributed by atoms with E-state index in [-0.39, 0.29) is 5.82 Å². The molecule has 0 aromatic heterocycles. The van der Waals surface area contributed by atoms with E-state index in [0.29, 0.717) is 12.0 Å². The normalized spacial score (nSPS) is 31.7. The molecule has 2 nitrogen and oxygen atoms in total. The Bertz CT molecular complexity index is 390. The van der Waals surface area contributed by atoms with Crippen molar-refractivity contribution in [3.63, 3.8) is 0 Å². The molecule has 0 spiro atoms. The van der Waals surface area contributed by atoms with Crippen LogP contribution in [0, 0.1) is 17.7 Å². The van der Waals surface area contributed by atoms with Crippen LogP contribution < -0.4 is 5.32 Å². The smallest absolute Gasteiger partial charge is 0.123 e. The van der Waals surface area contributed by atoms with E-state index >= 15 is 0 Å². The number of hydrogen-bond donors (Lipinski definition) is 1. The van der Waals surface area contributed by atoms with Crippen molar-refractivity contribution < 1.29 is 9.13 Å². The highest BCUT2D eigenvalue weighted by Gasteiger charge is 2.35. The Morgan fingerprint density at radius 1 is 1.11 bits per heavy atom. The molecule has 98 valence electrons. The zero-order chi connectivity index (χ0) is 12.4. The number of rotatable bonds is 2. The Labute approximate surface area is 108 Å². The summed E-state index contributed by atoms with van der Waals surface area (Å²) in [7, 11) is 0. The van der Waals surface area contributed by atoms with Gasteiger partial charge in [-0.2, -0.15) is 0 Å². The molecule has 18 heavy (non-hydrogen) atoms. The number of nitrogens with one attached hydrogen (secondary N) is 1. The number of fused-ring (bicyclic) bond motifs is 1. The Balaban J connectivity index is 1.69. The summed E-state index contributed by atoms with van der Waals surface area (Å²) in [6.07, 6.45) is 5.03. The minimum Gasteiger partial charge on any atom is -0.382 e. The van der Waals surface area contributed by atoms with Crippen LogP contribution in [0.4, 0.5) is 10.1 Å². The molecule has 1 aromatic carbocycles. The zero-order valence-corrected chi connectivity index (χ0v) is 10.6. The predicted molar refractivity (Wildman–Crippen MR) is 70.1 cm³/mol. The lowest BCUT2D eigenvalue weighted by atomic mass is 9.73. The van der Waals surface area contributed by atoms with E-state index in [1.165, 1.54) is 37.8 Å². The van der Waals surface area contributed by atoms with Gasteiger partial charge in [-0.3, -0.25) is 0 Å². The first-order valence-electron chi connectivity index (χ1n) is 6.93. The molecule has 3 atom stereocenters. The molecule has 1 aromatic rings. The maximum atomic E-state index is 12.9. The molecule has 2 fully saturated rings. The lowest BCUT2D eigenvalue weighted by Gasteiger charge is -2.41. The second-order valence-electron chi connectivity index (χ2n) is 5.48. The lowest BCUT2D eigenvalue weighted by Crippen LogP contribution is -2.43. The van der Waals surface area contributed by atoms with Crippen LogP contribution in [-0.2, 0) is 4.74 Å². The van der Waals surface area contributed by atoms with Gasteiger partial charge >= 0.3 is 0 Å². The fourth-order valence-electron chi connectivity index (χ4n) is 3.36. The highest BCUT2D eigenvalue weighted by Crippen LogP contribution is 2.36. The van der Waals surface area contributed by atoms with Crippen molar-refractivity contribution in [3.05, 3.63) is 30.1 Å². The van der Waals surface area contributed by atoms with E-state index < -0.39 is 0 Å². The fourth-order valence-corrected chi connectivity index (χ4v) is 3.36. The first kappa shape index (κ1) is 12.0. The highest BCUT2D eigenvalue weighted by molar-refractivity contribution is 5.44. The molecule has 1 saturated carbocycles. The number of ether oxygens (including phenoxy) is 1. The average Bonchev–Trinajstić information content (AvgIpc) is 2.42. The molecule has 1 heterocycles. The standard InChI is InChI=1S/C15H20FNO/c16-12-4-6-13(7-5-12)17-15-3-1-2-11-8-9-18-10-14(11)15/h4-7,11,14-15,17H,1-3,8-10H2. The summed E-state index contributed by atoms with van der Waals surface area (Å²) >= 11 is 0. The number of anilines is 1. The van der Waals surface area contributed by atoms with Crippen molar-refractivity contribution in [3.8, 4) is 0 Å². The van der Waals surface area contributed by atoms with Gasteiger partial charge in [0.2, 0.25) is 0 Å². The van der Waals surface area contributed by atoms with Crippen molar-refractivity contribution in [1.29, 1.82) is 0 Å². The van der Waals surface area contributed by atoms with Crippen LogP contribution in [0.5, 0.6) is 0 Å². The summed E-state index contributed by atoms with van der Waals surface area (Å²) in [4.78, 5) is 0. The monoisotopic (exact) mass is 249 g/mol. The van der Waals surface area contributed by atoms with E-state index in [9.17, 15) is 4.39 Å². The minimum atomic E-state index is -0.178. The van der Waals surface area contributed by atoms with Gasteiger partial charge < -0.3 is 10.1 Å². The first-order valence-corrected chi connectivity index (χ1v) is 6.93. The van der Waals surface area contributed by atoms with E-state index in [2.05, 4.69) is 5.32 Å². The fraction of sp³-hybridized carbons (Fsp3) is 0.600. The number of halogens is 1. The Morgan fingerprint density at radius 2 is 1.94 bits per heavy atom. The summed E-state index contributed by atoms with van der Waals surface area (Å²) in [6, 6.07) is 7.15. The second-order valence-corrected chi connectivity index (χ2v) is 5.48.